The van der Waals surface area contributed by atoms with Crippen molar-refractivity contribution in [3.05, 3.63) is 78.4 Å². The van der Waals surface area contributed by atoms with Crippen molar-refractivity contribution in [3.8, 4) is 17.0 Å². The number of benzene rings is 1. The quantitative estimate of drug-likeness (QED) is 0.223. The van der Waals surface area contributed by atoms with E-state index in [0.29, 0.717) is 18.7 Å². The van der Waals surface area contributed by atoms with Gasteiger partial charge in [-0.25, -0.2) is 28.0 Å². The van der Waals surface area contributed by atoms with Crippen LogP contribution in [0.1, 0.15) is 43.2 Å². The van der Waals surface area contributed by atoms with E-state index >= 15 is 0 Å². The number of nitrogens with one attached hydrogen (secondary N) is 2. The number of aromatic carboxylic acids is 1. The lowest BCUT2D eigenvalue weighted by Crippen LogP contribution is -2.39. The van der Waals surface area contributed by atoms with Gasteiger partial charge in [0.05, 0.1) is 29.5 Å². The average molecular weight is 649 g/mol. The first-order chi connectivity index (χ1) is 21.8. The second-order valence-electron chi connectivity index (χ2n) is 11.7. The number of methoxy groups -OCH3 is 1. The predicted octanol–water partition coefficient (Wildman–Crippen LogP) is 4.52. The Kier molecular flexibility index (Phi) is 9.30. The van der Waals surface area contributed by atoms with Crippen LogP contribution in [0.4, 0.5) is 10.5 Å². The number of nitrogens with zero attached hydrogens (tertiary/aromatic N) is 4. The molecule has 46 heavy (non-hydrogen) atoms. The van der Waals surface area contributed by atoms with E-state index in [1.165, 1.54) is 25.3 Å². The third-order valence-corrected chi connectivity index (χ3v) is 8.60. The number of fused-ring (bicyclic) bond motifs is 1. The van der Waals surface area contributed by atoms with E-state index in [0.717, 1.165) is 48.1 Å². The number of hydrogen-bond donors (Lipinski definition) is 3. The Bertz CT molecular complexity index is 1910. The first kappa shape index (κ1) is 32.4. The summed E-state index contributed by atoms with van der Waals surface area (Å²) in [7, 11) is -2.78. The molecule has 3 aromatic heterocycles. The van der Waals surface area contributed by atoms with Crippen molar-refractivity contribution in [3.63, 3.8) is 0 Å². The van der Waals surface area contributed by atoms with Crippen LogP contribution in [0.25, 0.3) is 22.3 Å². The molecule has 3 N–H and O–H groups in total. The Hall–Kier alpha value is -4.95. The molecule has 0 aliphatic carbocycles. The van der Waals surface area contributed by atoms with E-state index in [-0.39, 0.29) is 22.0 Å². The van der Waals surface area contributed by atoms with Gasteiger partial charge in [-0.15, -0.1) is 0 Å². The SMILES string of the molecule is COc1ncc(-c2ccc3ncc(C4=CCN(CCNC(=O)OC(C)(C)C)CC4)n3c2)cc1NS(=O)(=O)c1cccc(C(=O)O)c1. The van der Waals surface area contributed by atoms with E-state index in [4.69, 9.17) is 9.47 Å². The Balaban J connectivity index is 1.33. The summed E-state index contributed by atoms with van der Waals surface area (Å²) in [5.74, 6) is -1.18. The van der Waals surface area contributed by atoms with Crippen LogP contribution in [0.2, 0.25) is 0 Å². The zero-order chi connectivity index (χ0) is 33.1. The van der Waals surface area contributed by atoms with Gasteiger partial charge in [0.1, 0.15) is 16.9 Å². The number of amides is 1. The molecular formula is C32H36N6O7S. The number of sulfonamides is 1. The Labute approximate surface area is 266 Å². The molecule has 0 saturated heterocycles. The molecule has 13 nitrogen and oxygen atoms in total. The summed E-state index contributed by atoms with van der Waals surface area (Å²) in [5.41, 5.74) is 3.65. The fourth-order valence-corrected chi connectivity index (χ4v) is 6.11. The smallest absolute Gasteiger partial charge is 0.407 e. The second kappa shape index (κ2) is 13.2. The number of aromatic nitrogens is 3. The molecule has 0 bridgehead atoms. The van der Waals surface area contributed by atoms with Crippen molar-refractivity contribution >= 4 is 39.0 Å². The molecule has 4 aromatic rings. The summed E-state index contributed by atoms with van der Waals surface area (Å²) in [6.45, 7) is 8.21. The number of carbonyl (C=O) groups is 2. The number of pyridine rings is 2. The van der Waals surface area contributed by atoms with Crippen molar-refractivity contribution < 1.29 is 32.6 Å². The fourth-order valence-electron chi connectivity index (χ4n) is 5.01. The molecule has 0 atom stereocenters. The molecule has 1 aliphatic rings. The molecule has 0 unspecified atom stereocenters. The third-order valence-electron chi connectivity index (χ3n) is 7.24. The van der Waals surface area contributed by atoms with Crippen LogP contribution >= 0.6 is 0 Å². The number of ether oxygens (including phenoxy) is 2. The summed E-state index contributed by atoms with van der Waals surface area (Å²) in [6, 6.07) is 10.4. The Morgan fingerprint density at radius 1 is 1.07 bits per heavy atom. The van der Waals surface area contributed by atoms with Crippen LogP contribution in [0.5, 0.6) is 5.88 Å². The summed E-state index contributed by atoms with van der Waals surface area (Å²) < 4.78 is 41.5. The lowest BCUT2D eigenvalue weighted by molar-refractivity contribution is 0.0522. The molecule has 0 saturated carbocycles. The monoisotopic (exact) mass is 648 g/mol. The van der Waals surface area contributed by atoms with Crippen LogP contribution in [-0.2, 0) is 14.8 Å². The van der Waals surface area contributed by atoms with Crippen LogP contribution in [0, 0.1) is 0 Å². The zero-order valence-corrected chi connectivity index (χ0v) is 26.8. The lowest BCUT2D eigenvalue weighted by atomic mass is 10.0. The molecule has 5 rings (SSSR count). The molecule has 14 heteroatoms. The number of carbonyl (C=O) groups excluding carboxylic acids is 1. The topological polar surface area (TPSA) is 164 Å². The number of rotatable bonds is 10. The van der Waals surface area contributed by atoms with Gasteiger partial charge < -0.3 is 19.9 Å². The average Bonchev–Trinajstić information content (AvgIpc) is 3.44. The molecule has 0 spiro atoms. The second-order valence-corrected chi connectivity index (χ2v) is 13.4. The van der Waals surface area contributed by atoms with E-state index in [2.05, 4.69) is 31.0 Å². The zero-order valence-electron chi connectivity index (χ0n) is 26.0. The predicted molar refractivity (Wildman–Crippen MR) is 172 cm³/mol. The van der Waals surface area contributed by atoms with E-state index < -0.39 is 27.7 Å². The number of carboxylic acids is 1. The van der Waals surface area contributed by atoms with Gasteiger partial charge in [-0.05, 0) is 69.2 Å². The minimum Gasteiger partial charge on any atom is -0.480 e. The van der Waals surface area contributed by atoms with E-state index in [1.807, 2.05) is 49.7 Å². The number of imidazole rings is 1. The first-order valence-corrected chi connectivity index (χ1v) is 16.1. The van der Waals surface area contributed by atoms with Crippen molar-refractivity contribution in [2.75, 3.05) is 38.0 Å². The maximum absolute atomic E-state index is 13.2. The lowest BCUT2D eigenvalue weighted by Gasteiger charge is -2.26. The Morgan fingerprint density at radius 3 is 2.57 bits per heavy atom. The van der Waals surface area contributed by atoms with Crippen molar-refractivity contribution in [1.82, 2.24) is 24.6 Å². The van der Waals surface area contributed by atoms with Gasteiger partial charge in [0.2, 0.25) is 5.88 Å². The number of alkyl carbamates (subject to hydrolysis) is 1. The highest BCUT2D eigenvalue weighted by molar-refractivity contribution is 7.92. The summed E-state index contributed by atoms with van der Waals surface area (Å²) in [6.07, 6.45) is 7.87. The van der Waals surface area contributed by atoms with Gasteiger partial charge >= 0.3 is 12.1 Å². The highest BCUT2D eigenvalue weighted by Gasteiger charge is 2.21. The molecular weight excluding hydrogens is 612 g/mol. The summed E-state index contributed by atoms with van der Waals surface area (Å²) >= 11 is 0. The van der Waals surface area contributed by atoms with Crippen molar-refractivity contribution in [1.29, 1.82) is 0 Å². The van der Waals surface area contributed by atoms with Gasteiger partial charge in [-0.3, -0.25) is 14.0 Å². The minimum atomic E-state index is -4.16. The summed E-state index contributed by atoms with van der Waals surface area (Å²) in [4.78, 5) is 34.2. The first-order valence-electron chi connectivity index (χ1n) is 14.6. The third kappa shape index (κ3) is 7.64. The van der Waals surface area contributed by atoms with Gasteiger partial charge in [0, 0.05) is 49.7 Å². The fraction of sp³-hybridized carbons (Fsp3) is 0.312. The van der Waals surface area contributed by atoms with Crippen LogP contribution < -0.4 is 14.8 Å². The molecule has 1 amide bonds. The standard InChI is InChI=1S/C32H36N6O7S/c1-32(2,3)45-31(41)33-12-15-37-13-10-21(11-14-37)27-19-34-28-9-8-23(20-38(27)28)24-17-26(29(44-4)35-18-24)36-46(42,43)25-7-5-6-22(16-25)30(39)40/h5-10,16-20,36H,11-15H2,1-4H3,(H,33,41)(H,39,40). The molecule has 1 aromatic carbocycles. The van der Waals surface area contributed by atoms with Crippen LogP contribution in [0.3, 0.4) is 0 Å². The van der Waals surface area contributed by atoms with Gasteiger partial charge in [0.25, 0.3) is 10.0 Å². The minimum absolute atomic E-state index is 0.0596. The number of carboxylic acid groups (broad SMARTS) is 1. The van der Waals surface area contributed by atoms with Crippen LogP contribution in [-0.4, -0.2) is 83.7 Å². The molecule has 0 fully saturated rings. The van der Waals surface area contributed by atoms with Gasteiger partial charge in [-0.2, -0.15) is 0 Å². The normalized spacial score (nSPS) is 14.0. The number of hydrogen-bond acceptors (Lipinski definition) is 9. The molecule has 4 heterocycles. The van der Waals surface area contributed by atoms with E-state index in [1.54, 1.807) is 12.3 Å². The van der Waals surface area contributed by atoms with Crippen LogP contribution in [0.15, 0.2) is 72.0 Å². The van der Waals surface area contributed by atoms with E-state index in [9.17, 15) is 23.1 Å². The maximum atomic E-state index is 13.2. The highest BCUT2D eigenvalue weighted by Crippen LogP contribution is 2.31. The number of anilines is 1. The van der Waals surface area contributed by atoms with Gasteiger partial charge in [-0.1, -0.05) is 12.1 Å². The van der Waals surface area contributed by atoms with Gasteiger partial charge in [0.15, 0.2) is 0 Å². The molecule has 1 aliphatic heterocycles. The largest absolute Gasteiger partial charge is 0.480 e. The van der Waals surface area contributed by atoms with Crippen molar-refractivity contribution in [2.24, 2.45) is 0 Å². The molecule has 242 valence electrons. The highest BCUT2D eigenvalue weighted by atomic mass is 32.2. The Morgan fingerprint density at radius 2 is 1.87 bits per heavy atom. The van der Waals surface area contributed by atoms with Crippen molar-refractivity contribution in [2.45, 2.75) is 37.7 Å². The molecule has 0 radical (unpaired) electrons. The maximum Gasteiger partial charge on any atom is 0.407 e. The summed E-state index contributed by atoms with van der Waals surface area (Å²) in [5, 5.41) is 12.1.